The Balaban J connectivity index is 1.35. The minimum absolute atomic E-state index is 0.198. The van der Waals surface area contributed by atoms with Gasteiger partial charge in [-0.25, -0.2) is 19.5 Å². The summed E-state index contributed by atoms with van der Waals surface area (Å²) in [6.45, 7) is 1.17. The highest BCUT2D eigenvalue weighted by molar-refractivity contribution is 7.52. The molecular weight excluding hydrogens is 515 g/mol. The van der Waals surface area contributed by atoms with Gasteiger partial charge in [-0.2, -0.15) is 5.09 Å². The lowest BCUT2D eigenvalue weighted by Crippen LogP contribution is -2.36. The number of methoxy groups -OCH3 is 1. The molecule has 38 heavy (non-hydrogen) atoms. The van der Waals surface area contributed by atoms with Gasteiger partial charge in [0.2, 0.25) is 0 Å². The number of aliphatic hydroxyl groups excluding tert-OH is 1. The smallest absolute Gasteiger partial charge is 0.459 e. The molecule has 2 aromatic carbocycles. The fourth-order valence-corrected chi connectivity index (χ4v) is 5.77. The van der Waals surface area contributed by atoms with Crippen molar-refractivity contribution < 1.29 is 33.0 Å². The lowest BCUT2D eigenvalue weighted by Gasteiger charge is -2.25. The molecule has 0 aliphatic carbocycles. The number of imidazole rings is 1. The first-order valence-corrected chi connectivity index (χ1v) is 13.4. The van der Waals surface area contributed by atoms with Gasteiger partial charge < -0.3 is 24.8 Å². The number of carbonyl (C=O) groups excluding carboxylic acids is 1. The molecule has 200 valence electrons. The highest BCUT2D eigenvalue weighted by atomic mass is 31.2. The van der Waals surface area contributed by atoms with Crippen LogP contribution in [0, 0.1) is 0 Å². The second kappa shape index (κ2) is 10.6. The van der Waals surface area contributed by atoms with Gasteiger partial charge in [-0.15, -0.1) is 0 Å². The molecule has 1 fully saturated rings. The van der Waals surface area contributed by atoms with Crippen molar-refractivity contribution in [3.05, 3.63) is 55.1 Å². The molecule has 2 unspecified atom stereocenters. The zero-order valence-electron chi connectivity index (χ0n) is 20.6. The first-order valence-electron chi connectivity index (χ1n) is 11.8. The van der Waals surface area contributed by atoms with Gasteiger partial charge in [0, 0.05) is 11.8 Å². The summed E-state index contributed by atoms with van der Waals surface area (Å²) >= 11 is 0. The van der Waals surface area contributed by atoms with Crippen LogP contribution in [-0.2, 0) is 23.4 Å². The van der Waals surface area contributed by atoms with Crippen molar-refractivity contribution >= 4 is 41.5 Å². The van der Waals surface area contributed by atoms with Crippen LogP contribution in [0.2, 0.25) is 0 Å². The quantitative estimate of drug-likeness (QED) is 0.209. The van der Waals surface area contributed by atoms with Crippen molar-refractivity contribution in [3.8, 4) is 5.75 Å². The zero-order valence-corrected chi connectivity index (χ0v) is 21.5. The molecular formula is C24H27N6O7P. The molecule has 4 aromatic rings. The van der Waals surface area contributed by atoms with Gasteiger partial charge in [-0.1, -0.05) is 36.4 Å². The molecule has 5 atom stereocenters. The summed E-state index contributed by atoms with van der Waals surface area (Å²) in [4.78, 5) is 24.4. The standard InChI is InChI=1S/C24H27N6O7P/c1-14(24(32)34-2)29-38(33,37-18-9-5-7-15-6-3-4-8-16(15)18)35-11-19-17(31)10-20(36-19)30-13-28-21-22(25)26-12-27-23(21)30/h3-9,12-14,17,19-20,31H,10-11H2,1-2H3,(H,29,33)(H2,25,26,27)/t14-,17?,19+,20+,38?/m0/s1. The number of nitrogens with one attached hydrogen (secondary N) is 1. The number of rotatable bonds is 9. The van der Waals surface area contributed by atoms with E-state index in [1.807, 2.05) is 30.3 Å². The van der Waals surface area contributed by atoms with Crippen LogP contribution in [0.15, 0.2) is 55.1 Å². The molecule has 14 heteroatoms. The first-order chi connectivity index (χ1) is 18.3. The van der Waals surface area contributed by atoms with Crippen molar-refractivity contribution in [3.63, 3.8) is 0 Å². The van der Waals surface area contributed by atoms with E-state index in [9.17, 15) is 14.5 Å². The topological polar surface area (TPSA) is 173 Å². The number of aliphatic hydroxyl groups is 1. The summed E-state index contributed by atoms with van der Waals surface area (Å²) < 4.78 is 37.9. The van der Waals surface area contributed by atoms with Crippen molar-refractivity contribution in [2.75, 3.05) is 19.5 Å². The number of hydrogen-bond acceptors (Lipinski definition) is 11. The molecule has 5 rings (SSSR count). The van der Waals surface area contributed by atoms with Gasteiger partial charge in [0.05, 0.1) is 26.1 Å². The van der Waals surface area contributed by atoms with E-state index >= 15 is 0 Å². The fourth-order valence-electron chi connectivity index (χ4n) is 4.25. The Labute approximate surface area is 217 Å². The number of esters is 1. The van der Waals surface area contributed by atoms with E-state index in [4.69, 9.17) is 24.3 Å². The SMILES string of the molecule is COC(=O)[C@H](C)NP(=O)(OC[C@H]1O[C@@H](n2cnc3c(N)ncnc32)CC1O)Oc1cccc2ccccc12. The molecule has 4 N–H and O–H groups in total. The molecule has 1 aliphatic rings. The highest BCUT2D eigenvalue weighted by Gasteiger charge is 2.40. The fraction of sp³-hybridized carbons (Fsp3) is 0.333. The Bertz CT molecular complexity index is 1510. The number of ether oxygens (including phenoxy) is 2. The molecule has 0 amide bonds. The van der Waals surface area contributed by atoms with E-state index in [0.717, 1.165) is 5.39 Å². The van der Waals surface area contributed by atoms with E-state index in [1.54, 1.807) is 16.7 Å². The Hall–Kier alpha value is -3.61. The third-order valence-corrected chi connectivity index (χ3v) is 7.81. The third-order valence-electron chi connectivity index (χ3n) is 6.18. The van der Waals surface area contributed by atoms with E-state index in [-0.39, 0.29) is 18.8 Å². The summed E-state index contributed by atoms with van der Waals surface area (Å²) in [5.41, 5.74) is 6.73. The molecule has 0 saturated carbocycles. The summed E-state index contributed by atoms with van der Waals surface area (Å²) in [5, 5.41) is 14.9. The van der Waals surface area contributed by atoms with Gasteiger partial charge in [0.1, 0.15) is 36.0 Å². The second-order valence-corrected chi connectivity index (χ2v) is 10.4. The maximum atomic E-state index is 13.9. The molecule has 3 heterocycles. The van der Waals surface area contributed by atoms with Gasteiger partial charge >= 0.3 is 13.7 Å². The average molecular weight is 542 g/mol. The van der Waals surface area contributed by atoms with E-state index in [0.29, 0.717) is 22.3 Å². The molecule has 2 aromatic heterocycles. The molecule has 13 nitrogen and oxygen atoms in total. The summed E-state index contributed by atoms with van der Waals surface area (Å²) in [6.07, 6.45) is 0.570. The Kier molecular flexibility index (Phi) is 7.28. The average Bonchev–Trinajstić information content (AvgIpc) is 3.51. The molecule has 0 spiro atoms. The number of nitrogen functional groups attached to an aromatic ring is 1. The van der Waals surface area contributed by atoms with Crippen molar-refractivity contribution in [1.29, 1.82) is 0 Å². The Morgan fingerprint density at radius 1 is 1.26 bits per heavy atom. The molecule has 1 saturated heterocycles. The third kappa shape index (κ3) is 5.19. The second-order valence-electron chi connectivity index (χ2n) is 8.75. The van der Waals surface area contributed by atoms with Crippen LogP contribution < -0.4 is 15.3 Å². The number of fused-ring (bicyclic) bond motifs is 2. The van der Waals surface area contributed by atoms with Crippen LogP contribution in [0.4, 0.5) is 5.82 Å². The Morgan fingerprint density at radius 2 is 2.05 bits per heavy atom. The van der Waals surface area contributed by atoms with Gasteiger partial charge in [-0.3, -0.25) is 13.9 Å². The normalized spacial score (nSPS) is 21.8. The van der Waals surface area contributed by atoms with E-state index < -0.39 is 38.2 Å². The zero-order chi connectivity index (χ0) is 26.9. The predicted octanol–water partition coefficient (Wildman–Crippen LogP) is 2.56. The maximum absolute atomic E-state index is 13.9. The summed E-state index contributed by atoms with van der Waals surface area (Å²) in [6, 6.07) is 11.7. The number of hydrogen-bond donors (Lipinski definition) is 3. The minimum Gasteiger partial charge on any atom is -0.468 e. The monoisotopic (exact) mass is 542 g/mol. The van der Waals surface area contributed by atoms with E-state index in [2.05, 4.69) is 20.0 Å². The van der Waals surface area contributed by atoms with Gasteiger partial charge in [0.25, 0.3) is 0 Å². The lowest BCUT2D eigenvalue weighted by molar-refractivity contribution is -0.142. The Morgan fingerprint density at radius 3 is 2.87 bits per heavy atom. The number of nitrogens with zero attached hydrogens (tertiary/aromatic N) is 4. The van der Waals surface area contributed by atoms with Crippen LogP contribution in [0.25, 0.3) is 21.9 Å². The van der Waals surface area contributed by atoms with Gasteiger partial charge in [0.15, 0.2) is 11.5 Å². The van der Waals surface area contributed by atoms with Crippen molar-refractivity contribution in [1.82, 2.24) is 24.6 Å². The largest absolute Gasteiger partial charge is 0.468 e. The highest BCUT2D eigenvalue weighted by Crippen LogP contribution is 2.47. The van der Waals surface area contributed by atoms with Crippen LogP contribution in [0.1, 0.15) is 19.6 Å². The van der Waals surface area contributed by atoms with Crippen molar-refractivity contribution in [2.24, 2.45) is 0 Å². The number of anilines is 1. The van der Waals surface area contributed by atoms with Crippen molar-refractivity contribution in [2.45, 2.75) is 37.8 Å². The minimum atomic E-state index is -4.17. The summed E-state index contributed by atoms with van der Waals surface area (Å²) in [7, 11) is -2.95. The summed E-state index contributed by atoms with van der Waals surface area (Å²) in [5.74, 6) is -0.130. The number of aromatic nitrogens is 4. The van der Waals surface area contributed by atoms with Crippen LogP contribution in [0.5, 0.6) is 5.75 Å². The number of carbonyl (C=O) groups is 1. The molecule has 1 aliphatic heterocycles. The maximum Gasteiger partial charge on any atom is 0.459 e. The molecule has 0 bridgehead atoms. The lowest BCUT2D eigenvalue weighted by atomic mass is 10.1. The van der Waals surface area contributed by atoms with E-state index in [1.165, 1.54) is 26.7 Å². The molecule has 0 radical (unpaired) electrons. The number of benzene rings is 2. The van der Waals surface area contributed by atoms with Crippen LogP contribution in [-0.4, -0.2) is 62.6 Å². The van der Waals surface area contributed by atoms with Crippen LogP contribution in [0.3, 0.4) is 0 Å². The van der Waals surface area contributed by atoms with Gasteiger partial charge in [-0.05, 0) is 18.4 Å². The number of nitrogens with two attached hydrogens (primary N) is 1. The van der Waals surface area contributed by atoms with Crippen LogP contribution >= 0.6 is 7.75 Å². The first kappa shape index (κ1) is 26.0. The predicted molar refractivity (Wildman–Crippen MR) is 137 cm³/mol.